The van der Waals surface area contributed by atoms with Crippen molar-refractivity contribution in [3.05, 3.63) is 5.28 Å². The Morgan fingerprint density at radius 3 is 2.70 bits per heavy atom. The lowest BCUT2D eigenvalue weighted by molar-refractivity contribution is 0.118. The molecule has 1 aliphatic rings. The molecule has 1 saturated heterocycles. The smallest absolute Gasteiger partial charge is 0.231 e. The summed E-state index contributed by atoms with van der Waals surface area (Å²) in [6, 6.07) is 0. The van der Waals surface area contributed by atoms with Gasteiger partial charge in [0.15, 0.2) is 0 Å². The fraction of sp³-hybridized carbons (Fsp3) is 0.769. The maximum absolute atomic E-state index is 5.95. The van der Waals surface area contributed by atoms with E-state index < -0.39 is 0 Å². The number of hydrogen-bond donors (Lipinski definition) is 1. The normalized spacial score (nSPS) is 15.1. The number of halogens is 1. The van der Waals surface area contributed by atoms with Crippen LogP contribution in [0.2, 0.25) is 5.28 Å². The van der Waals surface area contributed by atoms with Crippen molar-refractivity contribution < 1.29 is 4.74 Å². The van der Waals surface area contributed by atoms with Gasteiger partial charge in [0.05, 0.1) is 6.61 Å². The zero-order valence-electron chi connectivity index (χ0n) is 12.1. The number of ether oxygens (including phenoxy) is 1. The highest BCUT2D eigenvalue weighted by atomic mass is 35.5. The van der Waals surface area contributed by atoms with Gasteiger partial charge in [0.1, 0.15) is 0 Å². The predicted molar refractivity (Wildman–Crippen MR) is 80.4 cm³/mol. The first-order chi connectivity index (χ1) is 9.65. The first kappa shape index (κ1) is 15.3. The minimum absolute atomic E-state index is 0.229. The molecule has 2 rings (SSSR count). The van der Waals surface area contributed by atoms with Gasteiger partial charge in [-0.05, 0) is 30.4 Å². The number of rotatable bonds is 7. The fourth-order valence-corrected chi connectivity index (χ4v) is 2.19. The van der Waals surface area contributed by atoms with E-state index in [0.29, 0.717) is 31.0 Å². The average molecular weight is 300 g/mol. The quantitative estimate of drug-likeness (QED) is 0.779. The standard InChI is InChI=1S/C13H22ClN5O/c1-10(2)9-20-8-5-15-12-16-11(14)17-13(18-12)19-6-3-4-7-19/h10H,3-9H2,1-2H3,(H,15,16,17,18). The number of anilines is 2. The number of hydrogen-bond acceptors (Lipinski definition) is 6. The van der Waals surface area contributed by atoms with Gasteiger partial charge in [-0.15, -0.1) is 0 Å². The zero-order chi connectivity index (χ0) is 14.4. The largest absolute Gasteiger partial charge is 0.379 e. The molecule has 1 aliphatic heterocycles. The van der Waals surface area contributed by atoms with Crippen LogP contribution in [0.25, 0.3) is 0 Å². The molecule has 20 heavy (non-hydrogen) atoms. The van der Waals surface area contributed by atoms with Gasteiger partial charge in [-0.25, -0.2) is 0 Å². The Kier molecular flexibility index (Phi) is 5.79. The number of nitrogens with one attached hydrogen (secondary N) is 1. The first-order valence-electron chi connectivity index (χ1n) is 7.13. The summed E-state index contributed by atoms with van der Waals surface area (Å²) in [6.45, 7) is 8.27. The monoisotopic (exact) mass is 299 g/mol. The van der Waals surface area contributed by atoms with Crippen molar-refractivity contribution >= 4 is 23.5 Å². The molecule has 1 aromatic rings. The van der Waals surface area contributed by atoms with Gasteiger partial charge in [-0.2, -0.15) is 15.0 Å². The van der Waals surface area contributed by atoms with E-state index in [4.69, 9.17) is 16.3 Å². The van der Waals surface area contributed by atoms with Gasteiger partial charge in [-0.1, -0.05) is 13.8 Å². The third kappa shape index (κ3) is 4.76. The van der Waals surface area contributed by atoms with Crippen LogP contribution >= 0.6 is 11.6 Å². The second-order valence-corrected chi connectivity index (χ2v) is 5.66. The molecule has 0 spiro atoms. The second-order valence-electron chi connectivity index (χ2n) is 5.32. The lowest BCUT2D eigenvalue weighted by atomic mass is 10.2. The molecule has 0 aliphatic carbocycles. The molecule has 0 atom stereocenters. The molecule has 0 radical (unpaired) electrons. The lowest BCUT2D eigenvalue weighted by Crippen LogP contribution is -2.22. The van der Waals surface area contributed by atoms with Gasteiger partial charge in [0, 0.05) is 26.2 Å². The average Bonchev–Trinajstić information content (AvgIpc) is 2.91. The highest BCUT2D eigenvalue weighted by Crippen LogP contribution is 2.18. The molecule has 0 aromatic carbocycles. The van der Waals surface area contributed by atoms with E-state index >= 15 is 0 Å². The van der Waals surface area contributed by atoms with E-state index in [2.05, 4.69) is 39.0 Å². The van der Waals surface area contributed by atoms with Gasteiger partial charge < -0.3 is 15.0 Å². The lowest BCUT2D eigenvalue weighted by Gasteiger charge is -2.15. The van der Waals surface area contributed by atoms with Crippen LogP contribution in [0.5, 0.6) is 0 Å². The Hall–Kier alpha value is -1.14. The van der Waals surface area contributed by atoms with Crippen LogP contribution in [-0.2, 0) is 4.74 Å². The highest BCUT2D eigenvalue weighted by molar-refractivity contribution is 6.28. The molecule has 0 amide bonds. The fourth-order valence-electron chi connectivity index (χ4n) is 2.03. The summed E-state index contributed by atoms with van der Waals surface area (Å²) in [6.07, 6.45) is 2.35. The van der Waals surface area contributed by atoms with Crippen molar-refractivity contribution in [3.63, 3.8) is 0 Å². The number of aromatic nitrogens is 3. The molecule has 112 valence electrons. The molecule has 1 aromatic heterocycles. The van der Waals surface area contributed by atoms with E-state index in [1.54, 1.807) is 0 Å². The molecule has 0 saturated carbocycles. The van der Waals surface area contributed by atoms with E-state index in [1.807, 2.05) is 0 Å². The van der Waals surface area contributed by atoms with Crippen molar-refractivity contribution in [1.82, 2.24) is 15.0 Å². The second kappa shape index (κ2) is 7.59. The minimum atomic E-state index is 0.229. The van der Waals surface area contributed by atoms with Crippen molar-refractivity contribution in [2.75, 3.05) is 43.1 Å². The van der Waals surface area contributed by atoms with Crippen LogP contribution in [-0.4, -0.2) is 47.8 Å². The maximum atomic E-state index is 5.95. The van der Waals surface area contributed by atoms with Crippen LogP contribution < -0.4 is 10.2 Å². The number of nitrogens with zero attached hydrogens (tertiary/aromatic N) is 4. The summed E-state index contributed by atoms with van der Waals surface area (Å²) in [5, 5.41) is 3.35. The Morgan fingerprint density at radius 1 is 1.25 bits per heavy atom. The summed E-state index contributed by atoms with van der Waals surface area (Å²) >= 11 is 5.95. The van der Waals surface area contributed by atoms with E-state index in [9.17, 15) is 0 Å². The van der Waals surface area contributed by atoms with Crippen molar-refractivity contribution in [2.45, 2.75) is 26.7 Å². The van der Waals surface area contributed by atoms with Crippen molar-refractivity contribution in [3.8, 4) is 0 Å². The molecule has 2 heterocycles. The Labute approximate surface area is 124 Å². The molecular formula is C13H22ClN5O. The maximum Gasteiger partial charge on any atom is 0.231 e. The molecular weight excluding hydrogens is 278 g/mol. The SMILES string of the molecule is CC(C)COCCNc1nc(Cl)nc(N2CCCC2)n1. The van der Waals surface area contributed by atoms with Crippen LogP contribution in [0.1, 0.15) is 26.7 Å². The van der Waals surface area contributed by atoms with Gasteiger partial charge in [-0.3, -0.25) is 0 Å². The summed E-state index contributed by atoms with van der Waals surface area (Å²) < 4.78 is 5.50. The highest BCUT2D eigenvalue weighted by Gasteiger charge is 2.16. The Balaban J connectivity index is 1.84. The van der Waals surface area contributed by atoms with Crippen LogP contribution in [0.3, 0.4) is 0 Å². The van der Waals surface area contributed by atoms with E-state index in [-0.39, 0.29) is 5.28 Å². The molecule has 1 fully saturated rings. The summed E-state index contributed by atoms with van der Waals surface area (Å²) in [7, 11) is 0. The Bertz CT molecular complexity index is 423. The van der Waals surface area contributed by atoms with Crippen molar-refractivity contribution in [1.29, 1.82) is 0 Å². The zero-order valence-corrected chi connectivity index (χ0v) is 12.9. The molecule has 0 bridgehead atoms. The van der Waals surface area contributed by atoms with Crippen LogP contribution in [0.4, 0.5) is 11.9 Å². The van der Waals surface area contributed by atoms with E-state index in [1.165, 1.54) is 12.8 Å². The van der Waals surface area contributed by atoms with Crippen molar-refractivity contribution in [2.24, 2.45) is 5.92 Å². The van der Waals surface area contributed by atoms with Gasteiger partial charge >= 0.3 is 0 Å². The minimum Gasteiger partial charge on any atom is -0.379 e. The molecule has 0 unspecified atom stereocenters. The van der Waals surface area contributed by atoms with Crippen LogP contribution in [0.15, 0.2) is 0 Å². The molecule has 6 nitrogen and oxygen atoms in total. The predicted octanol–water partition coefficient (Wildman–Crippen LogP) is 2.21. The van der Waals surface area contributed by atoms with E-state index in [0.717, 1.165) is 19.7 Å². The van der Waals surface area contributed by atoms with Gasteiger partial charge in [0.25, 0.3) is 0 Å². The molecule has 7 heteroatoms. The summed E-state index contributed by atoms with van der Waals surface area (Å²) in [5.41, 5.74) is 0. The third-order valence-electron chi connectivity index (χ3n) is 2.97. The topological polar surface area (TPSA) is 63.2 Å². The summed E-state index contributed by atoms with van der Waals surface area (Å²) in [5.74, 6) is 1.72. The van der Waals surface area contributed by atoms with Gasteiger partial charge in [0.2, 0.25) is 17.2 Å². The first-order valence-corrected chi connectivity index (χ1v) is 7.51. The third-order valence-corrected chi connectivity index (χ3v) is 3.13. The Morgan fingerprint density at radius 2 is 2.00 bits per heavy atom. The molecule has 1 N–H and O–H groups in total. The summed E-state index contributed by atoms with van der Waals surface area (Å²) in [4.78, 5) is 14.8. The van der Waals surface area contributed by atoms with Crippen LogP contribution in [0, 0.1) is 5.92 Å².